The van der Waals surface area contributed by atoms with Gasteiger partial charge in [0.25, 0.3) is 0 Å². The Hall–Kier alpha value is -1.20. The smallest absolute Gasteiger partial charge is 0.133 e. The molecule has 1 saturated heterocycles. The number of nitrogens with zero attached hydrogens (tertiary/aromatic N) is 2. The van der Waals surface area contributed by atoms with Crippen LogP contribution >= 0.6 is 11.8 Å². The number of furan rings is 1. The fourth-order valence-electron chi connectivity index (χ4n) is 2.72. The molecule has 1 aliphatic heterocycles. The number of hydrogen-bond donors (Lipinski definition) is 1. The molecule has 1 fully saturated rings. The van der Waals surface area contributed by atoms with Crippen LogP contribution in [0.2, 0.25) is 0 Å². The molecular formula is C15H21N3OS. The maximum Gasteiger partial charge on any atom is 0.133 e. The molecule has 0 bridgehead atoms. The summed E-state index contributed by atoms with van der Waals surface area (Å²) in [6.07, 6.45) is 8.11. The van der Waals surface area contributed by atoms with Crippen molar-refractivity contribution in [3.8, 4) is 0 Å². The van der Waals surface area contributed by atoms with Gasteiger partial charge >= 0.3 is 0 Å². The molecule has 4 nitrogen and oxygen atoms in total. The molecule has 108 valence electrons. The summed E-state index contributed by atoms with van der Waals surface area (Å²) in [6.45, 7) is 3.31. The van der Waals surface area contributed by atoms with Gasteiger partial charge in [0.15, 0.2) is 0 Å². The molecule has 0 saturated carbocycles. The molecule has 5 heteroatoms. The van der Waals surface area contributed by atoms with Crippen LogP contribution < -0.4 is 5.32 Å². The number of imidazole rings is 1. The zero-order valence-corrected chi connectivity index (χ0v) is 12.8. The van der Waals surface area contributed by atoms with Crippen molar-refractivity contribution >= 4 is 11.8 Å². The van der Waals surface area contributed by atoms with Gasteiger partial charge in [-0.3, -0.25) is 5.32 Å². The third-order valence-electron chi connectivity index (χ3n) is 3.92. The maximum atomic E-state index is 5.60. The second-order valence-electron chi connectivity index (χ2n) is 5.63. The van der Waals surface area contributed by atoms with Crippen LogP contribution in [-0.2, 0) is 7.05 Å². The van der Waals surface area contributed by atoms with Crippen molar-refractivity contribution in [1.82, 2.24) is 14.9 Å². The Bertz CT molecular complexity index is 543. The Morgan fingerprint density at radius 3 is 3.10 bits per heavy atom. The quantitative estimate of drug-likeness (QED) is 0.919. The molecule has 1 N–H and O–H groups in total. The van der Waals surface area contributed by atoms with Crippen LogP contribution in [0.4, 0.5) is 0 Å². The van der Waals surface area contributed by atoms with Crippen LogP contribution in [0.3, 0.4) is 0 Å². The van der Waals surface area contributed by atoms with E-state index in [1.165, 1.54) is 18.6 Å². The highest BCUT2D eigenvalue weighted by Gasteiger charge is 2.31. The van der Waals surface area contributed by atoms with E-state index in [1.54, 1.807) is 6.26 Å². The minimum Gasteiger partial charge on any atom is -0.467 e. The molecule has 2 aromatic rings. The van der Waals surface area contributed by atoms with E-state index in [-0.39, 0.29) is 6.04 Å². The lowest BCUT2D eigenvalue weighted by molar-refractivity contribution is 0.412. The summed E-state index contributed by atoms with van der Waals surface area (Å²) in [7, 11) is 2.02. The Labute approximate surface area is 124 Å². The minimum atomic E-state index is 0.0167. The van der Waals surface area contributed by atoms with Gasteiger partial charge in [-0.15, -0.1) is 0 Å². The molecule has 0 aliphatic carbocycles. The van der Waals surface area contributed by atoms with Gasteiger partial charge in [0.1, 0.15) is 17.6 Å². The van der Waals surface area contributed by atoms with Crippen molar-refractivity contribution < 1.29 is 4.42 Å². The summed E-state index contributed by atoms with van der Waals surface area (Å²) in [5.41, 5.74) is 0. The fraction of sp³-hybridized carbons (Fsp3) is 0.533. The molecular weight excluding hydrogens is 270 g/mol. The number of hydrogen-bond acceptors (Lipinski definition) is 4. The third kappa shape index (κ3) is 2.79. The molecule has 0 radical (unpaired) electrons. The molecule has 20 heavy (non-hydrogen) atoms. The monoisotopic (exact) mass is 291 g/mol. The average molecular weight is 291 g/mol. The number of aryl methyl sites for hydroxylation is 1. The standard InChI is InChI=1S/C15H21N3OS/c1-15(6-4-10-20-15)11-17-13(12-5-3-9-19-12)14-16-7-8-18(14)2/h3,5,7-9,13,17H,4,6,10-11H2,1-2H3. The first-order valence-corrected chi connectivity index (χ1v) is 8.04. The van der Waals surface area contributed by atoms with Crippen molar-refractivity contribution in [1.29, 1.82) is 0 Å². The first-order valence-electron chi connectivity index (χ1n) is 7.06. The van der Waals surface area contributed by atoms with Crippen molar-refractivity contribution in [2.75, 3.05) is 12.3 Å². The van der Waals surface area contributed by atoms with Gasteiger partial charge in [0.05, 0.1) is 6.26 Å². The minimum absolute atomic E-state index is 0.0167. The predicted molar refractivity (Wildman–Crippen MR) is 81.9 cm³/mol. The highest BCUT2D eigenvalue weighted by Crippen LogP contribution is 2.37. The van der Waals surface area contributed by atoms with Gasteiger partial charge in [0.2, 0.25) is 0 Å². The second-order valence-corrected chi connectivity index (χ2v) is 7.31. The van der Waals surface area contributed by atoms with Crippen LogP contribution in [0.25, 0.3) is 0 Å². The van der Waals surface area contributed by atoms with Crippen molar-refractivity contribution in [3.05, 3.63) is 42.4 Å². The third-order valence-corrected chi connectivity index (χ3v) is 5.46. The SMILES string of the molecule is Cn1ccnc1C(NCC1(C)CCCS1)c1ccco1. The highest BCUT2D eigenvalue weighted by molar-refractivity contribution is 8.00. The Kier molecular flexibility index (Phi) is 3.89. The van der Waals surface area contributed by atoms with E-state index in [0.29, 0.717) is 4.75 Å². The first-order chi connectivity index (χ1) is 9.68. The van der Waals surface area contributed by atoms with E-state index in [9.17, 15) is 0 Å². The lowest BCUT2D eigenvalue weighted by Gasteiger charge is -2.26. The van der Waals surface area contributed by atoms with E-state index >= 15 is 0 Å². The molecule has 0 aromatic carbocycles. The normalized spacial score (nSPS) is 24.1. The van der Waals surface area contributed by atoms with E-state index in [1.807, 2.05) is 36.1 Å². The van der Waals surface area contributed by atoms with E-state index < -0.39 is 0 Å². The molecule has 2 aromatic heterocycles. The Morgan fingerprint density at radius 2 is 2.50 bits per heavy atom. The van der Waals surface area contributed by atoms with Crippen LogP contribution in [0.5, 0.6) is 0 Å². The van der Waals surface area contributed by atoms with Gasteiger partial charge in [0, 0.05) is 30.7 Å². The van der Waals surface area contributed by atoms with Gasteiger partial charge < -0.3 is 8.98 Å². The molecule has 3 rings (SSSR count). The summed E-state index contributed by atoms with van der Waals surface area (Å²) in [5.74, 6) is 3.18. The number of rotatable bonds is 5. The largest absolute Gasteiger partial charge is 0.467 e. The summed E-state index contributed by atoms with van der Waals surface area (Å²) in [5, 5.41) is 3.65. The number of thioether (sulfide) groups is 1. The number of aromatic nitrogens is 2. The van der Waals surface area contributed by atoms with E-state index in [2.05, 4.69) is 29.0 Å². The average Bonchev–Trinajstić information content (AvgIpc) is 3.14. The topological polar surface area (TPSA) is 43.0 Å². The first kappa shape index (κ1) is 13.8. The zero-order chi connectivity index (χ0) is 14.0. The van der Waals surface area contributed by atoms with Crippen LogP contribution in [0.15, 0.2) is 35.2 Å². The molecule has 2 atom stereocenters. The van der Waals surface area contributed by atoms with E-state index in [4.69, 9.17) is 4.42 Å². The van der Waals surface area contributed by atoms with Gasteiger partial charge in [-0.05, 0) is 37.7 Å². The Morgan fingerprint density at radius 1 is 1.60 bits per heavy atom. The van der Waals surface area contributed by atoms with Gasteiger partial charge in [-0.2, -0.15) is 11.8 Å². The van der Waals surface area contributed by atoms with Crippen molar-refractivity contribution in [2.45, 2.75) is 30.6 Å². The molecule has 1 aliphatic rings. The van der Waals surface area contributed by atoms with Crippen LogP contribution in [0, 0.1) is 0 Å². The maximum absolute atomic E-state index is 5.60. The van der Waals surface area contributed by atoms with Crippen molar-refractivity contribution in [2.24, 2.45) is 7.05 Å². The van der Waals surface area contributed by atoms with Crippen LogP contribution in [-0.4, -0.2) is 26.6 Å². The van der Waals surface area contributed by atoms with Crippen molar-refractivity contribution in [3.63, 3.8) is 0 Å². The van der Waals surface area contributed by atoms with Gasteiger partial charge in [-0.25, -0.2) is 4.98 Å². The molecule has 0 amide bonds. The van der Waals surface area contributed by atoms with Gasteiger partial charge in [-0.1, -0.05) is 0 Å². The highest BCUT2D eigenvalue weighted by atomic mass is 32.2. The molecule has 3 heterocycles. The summed E-state index contributed by atoms with van der Waals surface area (Å²) < 4.78 is 7.98. The fourth-order valence-corrected chi connectivity index (χ4v) is 3.98. The summed E-state index contributed by atoms with van der Waals surface area (Å²) in [4.78, 5) is 4.47. The molecule has 2 unspecified atom stereocenters. The lowest BCUT2D eigenvalue weighted by Crippen LogP contribution is -2.36. The number of nitrogens with one attached hydrogen (secondary N) is 1. The summed E-state index contributed by atoms with van der Waals surface area (Å²) >= 11 is 2.07. The summed E-state index contributed by atoms with van der Waals surface area (Å²) in [6, 6.07) is 3.96. The zero-order valence-electron chi connectivity index (χ0n) is 12.0. The predicted octanol–water partition coefficient (Wildman–Crippen LogP) is 2.98. The van der Waals surface area contributed by atoms with Crippen LogP contribution in [0.1, 0.15) is 37.4 Å². The van der Waals surface area contributed by atoms with E-state index in [0.717, 1.165) is 18.1 Å². The second kappa shape index (κ2) is 5.66. The Balaban J connectivity index is 1.78. The molecule has 0 spiro atoms. The lowest BCUT2D eigenvalue weighted by atomic mass is 10.0.